The Bertz CT molecular complexity index is 2720. The Morgan fingerprint density at radius 3 is 2.14 bits per heavy atom. The highest BCUT2D eigenvalue weighted by atomic mass is 16.5. The fourth-order valence-corrected chi connectivity index (χ4v) is 7.70. The van der Waals surface area contributed by atoms with Crippen LogP contribution in [0, 0.1) is 6.92 Å². The number of hydroxylamine groups is 1. The predicted molar refractivity (Wildman–Crippen MR) is 237 cm³/mol. The molecule has 0 saturated carbocycles. The molecule has 0 fully saturated rings. The Kier molecular flexibility index (Phi) is 10.4. The highest BCUT2D eigenvalue weighted by Crippen LogP contribution is 2.37. The Morgan fingerprint density at radius 2 is 1.36 bits per heavy atom. The van der Waals surface area contributed by atoms with Crippen LogP contribution in [0.4, 0.5) is 11.4 Å². The van der Waals surface area contributed by atoms with Crippen LogP contribution in [0.2, 0.25) is 0 Å². The Balaban J connectivity index is 1.23. The van der Waals surface area contributed by atoms with Crippen LogP contribution in [0.1, 0.15) is 41.2 Å². The molecule has 2 N–H and O–H groups in total. The van der Waals surface area contributed by atoms with Gasteiger partial charge in [-0.15, -0.1) is 0 Å². The van der Waals surface area contributed by atoms with Crippen LogP contribution < -0.4 is 10.4 Å². The number of hydrogen-bond acceptors (Lipinski definition) is 4. The Labute approximate surface area is 329 Å². The molecule has 1 heterocycles. The summed E-state index contributed by atoms with van der Waals surface area (Å²) >= 11 is 0. The van der Waals surface area contributed by atoms with Crippen LogP contribution in [0.5, 0.6) is 0 Å². The maximum Gasteiger partial charge on any atom is 0.135 e. The molecule has 0 aliphatic heterocycles. The first kappa shape index (κ1) is 36.4. The average molecular weight is 731 g/mol. The van der Waals surface area contributed by atoms with E-state index in [9.17, 15) is 5.21 Å². The minimum absolute atomic E-state index is 0.720. The minimum atomic E-state index is 0.720. The van der Waals surface area contributed by atoms with Gasteiger partial charge in [-0.05, 0) is 123 Å². The number of furan rings is 1. The van der Waals surface area contributed by atoms with E-state index in [-0.39, 0.29) is 0 Å². The van der Waals surface area contributed by atoms with Gasteiger partial charge in [0.1, 0.15) is 11.2 Å². The van der Waals surface area contributed by atoms with Crippen LogP contribution in [0.25, 0.3) is 67.0 Å². The first-order valence-electron chi connectivity index (χ1n) is 19.3. The number of fused-ring (bicyclic) bond motifs is 3. The largest absolute Gasteiger partial charge is 0.456 e. The lowest BCUT2D eigenvalue weighted by Gasteiger charge is -2.17. The molecule has 0 radical (unpaired) electrons. The summed E-state index contributed by atoms with van der Waals surface area (Å²) in [5, 5.41) is 16.8. The monoisotopic (exact) mass is 730 g/mol. The van der Waals surface area contributed by atoms with Gasteiger partial charge < -0.3 is 9.73 Å². The van der Waals surface area contributed by atoms with Crippen LogP contribution in [0.3, 0.4) is 0 Å². The third kappa shape index (κ3) is 7.40. The summed E-state index contributed by atoms with van der Waals surface area (Å²) in [4.78, 5) is 0. The molecule has 0 amide bonds. The number of anilines is 2. The maximum atomic E-state index is 10.3. The molecule has 4 nitrogen and oxygen atoms in total. The van der Waals surface area contributed by atoms with Crippen molar-refractivity contribution in [1.29, 1.82) is 0 Å². The first-order chi connectivity index (χ1) is 27.4. The molecule has 0 aliphatic carbocycles. The normalized spacial score (nSPS) is 11.8. The number of nitrogens with zero attached hydrogens (tertiary/aromatic N) is 1. The van der Waals surface area contributed by atoms with Crippen LogP contribution in [-0.2, 0) is 6.42 Å². The number of para-hydroxylation sites is 1. The van der Waals surface area contributed by atoms with Crippen molar-refractivity contribution in [2.45, 2.75) is 26.7 Å². The van der Waals surface area contributed by atoms with E-state index in [2.05, 4.69) is 165 Å². The van der Waals surface area contributed by atoms with Crippen LogP contribution in [-0.4, -0.2) is 19.3 Å². The van der Waals surface area contributed by atoms with Crippen molar-refractivity contribution >= 4 is 45.0 Å². The number of aryl methyl sites for hydroxylation is 1. The molecule has 1 aromatic heterocycles. The Hall–Kier alpha value is -6.62. The SMILES string of the molecule is CC/C=C\c1c(C)cccc1-c1cc(C/C=C(\c2ccccc2)c2ccc(-c3ccc(NC)c(N(C)O)c3)cc2)cc(-c2ccc3oc4ccccc4c3c2)c1. The van der Waals surface area contributed by atoms with Gasteiger partial charge >= 0.3 is 0 Å². The van der Waals surface area contributed by atoms with Gasteiger partial charge in [-0.2, -0.15) is 0 Å². The van der Waals surface area contributed by atoms with Gasteiger partial charge in [0, 0.05) is 24.9 Å². The number of rotatable bonds is 11. The molecule has 0 saturated heterocycles. The number of benzene rings is 7. The van der Waals surface area contributed by atoms with Crippen molar-refractivity contribution in [2.75, 3.05) is 24.5 Å². The van der Waals surface area contributed by atoms with Gasteiger partial charge in [-0.25, -0.2) is 0 Å². The molecular weight excluding hydrogens is 685 g/mol. The molecule has 4 heteroatoms. The number of allylic oxidation sites excluding steroid dienone is 2. The van der Waals surface area contributed by atoms with Gasteiger partial charge in [0.15, 0.2) is 0 Å². The van der Waals surface area contributed by atoms with E-state index in [0.717, 1.165) is 73.5 Å². The van der Waals surface area contributed by atoms with Crippen molar-refractivity contribution < 1.29 is 9.62 Å². The molecule has 0 bridgehead atoms. The standard InChI is InChI=1S/C52H46N2O2/c1-5-6-16-44-35(2)13-12-18-46(44)43-31-36(30-42(32-43)40-26-29-52-48(33-40)47-17-10-11-19-51(47)56-52)20-27-45(38-14-8-7-9-15-38)39-23-21-37(22-24-39)41-25-28-49(53-3)50(34-41)54(4)55/h6-19,21-34,53,55H,5,20H2,1-4H3/b16-6-,45-27+. The van der Waals surface area contributed by atoms with Crippen LogP contribution >= 0.6 is 0 Å². The highest BCUT2D eigenvalue weighted by Gasteiger charge is 2.14. The molecule has 0 spiro atoms. The van der Waals surface area contributed by atoms with Crippen molar-refractivity contribution in [2.24, 2.45) is 0 Å². The lowest BCUT2D eigenvalue weighted by atomic mass is 9.89. The molecule has 0 unspecified atom stereocenters. The summed E-state index contributed by atoms with van der Waals surface area (Å²) in [5.74, 6) is 0. The lowest BCUT2D eigenvalue weighted by Crippen LogP contribution is -2.12. The van der Waals surface area contributed by atoms with E-state index in [0.29, 0.717) is 0 Å². The van der Waals surface area contributed by atoms with Crippen molar-refractivity contribution in [3.63, 3.8) is 0 Å². The van der Waals surface area contributed by atoms with Gasteiger partial charge in [0.25, 0.3) is 0 Å². The van der Waals surface area contributed by atoms with E-state index in [1.54, 1.807) is 7.05 Å². The second-order valence-electron chi connectivity index (χ2n) is 14.3. The summed E-state index contributed by atoms with van der Waals surface area (Å²) in [5.41, 5.74) is 17.5. The number of hydrogen-bond donors (Lipinski definition) is 2. The Morgan fingerprint density at radius 1 is 0.661 bits per heavy atom. The highest BCUT2D eigenvalue weighted by molar-refractivity contribution is 6.06. The summed E-state index contributed by atoms with van der Waals surface area (Å²) in [6, 6.07) is 54.0. The minimum Gasteiger partial charge on any atom is -0.456 e. The van der Waals surface area contributed by atoms with Crippen LogP contribution in [0.15, 0.2) is 168 Å². The van der Waals surface area contributed by atoms with E-state index < -0.39 is 0 Å². The van der Waals surface area contributed by atoms with Gasteiger partial charge in [-0.3, -0.25) is 10.3 Å². The van der Waals surface area contributed by atoms with Gasteiger partial charge in [0.05, 0.1) is 11.4 Å². The van der Waals surface area contributed by atoms with Crippen molar-refractivity contribution in [1.82, 2.24) is 0 Å². The molecule has 0 atom stereocenters. The van der Waals surface area contributed by atoms with Crippen molar-refractivity contribution in [3.05, 3.63) is 192 Å². The van der Waals surface area contributed by atoms with E-state index >= 15 is 0 Å². The zero-order valence-corrected chi connectivity index (χ0v) is 32.4. The second kappa shape index (κ2) is 16.0. The first-order valence-corrected chi connectivity index (χ1v) is 19.3. The molecule has 8 aromatic rings. The molecule has 7 aromatic carbocycles. The molecule has 8 rings (SSSR count). The summed E-state index contributed by atoms with van der Waals surface area (Å²) < 4.78 is 6.20. The fraction of sp³-hybridized carbons (Fsp3) is 0.115. The van der Waals surface area contributed by atoms with E-state index in [1.165, 1.54) is 44.5 Å². The quantitative estimate of drug-likeness (QED) is 0.130. The summed E-state index contributed by atoms with van der Waals surface area (Å²) in [6.07, 6.45) is 8.61. The third-order valence-corrected chi connectivity index (χ3v) is 10.6. The average Bonchev–Trinajstić information content (AvgIpc) is 3.61. The predicted octanol–water partition coefficient (Wildman–Crippen LogP) is 13.9. The smallest absolute Gasteiger partial charge is 0.135 e. The van der Waals surface area contributed by atoms with Gasteiger partial charge in [-0.1, -0.05) is 140 Å². The molecular formula is C52H46N2O2. The maximum absolute atomic E-state index is 10.3. The molecule has 276 valence electrons. The topological polar surface area (TPSA) is 48.6 Å². The van der Waals surface area contributed by atoms with E-state index in [4.69, 9.17) is 4.42 Å². The molecule has 56 heavy (non-hydrogen) atoms. The van der Waals surface area contributed by atoms with Crippen molar-refractivity contribution in [3.8, 4) is 33.4 Å². The van der Waals surface area contributed by atoms with Gasteiger partial charge in [0.2, 0.25) is 0 Å². The zero-order chi connectivity index (χ0) is 38.6. The lowest BCUT2D eigenvalue weighted by molar-refractivity contribution is 0.280. The zero-order valence-electron chi connectivity index (χ0n) is 32.4. The third-order valence-electron chi connectivity index (χ3n) is 10.6. The number of nitrogens with one attached hydrogen (secondary N) is 1. The summed E-state index contributed by atoms with van der Waals surface area (Å²) in [7, 11) is 3.50. The molecule has 0 aliphatic rings. The fourth-order valence-electron chi connectivity index (χ4n) is 7.70. The van der Waals surface area contributed by atoms with E-state index in [1.807, 2.05) is 31.3 Å². The summed E-state index contributed by atoms with van der Waals surface area (Å²) in [6.45, 7) is 4.38. The second-order valence-corrected chi connectivity index (χ2v) is 14.3.